The van der Waals surface area contributed by atoms with E-state index in [1.165, 1.54) is 13.2 Å². The van der Waals surface area contributed by atoms with Gasteiger partial charge in [-0.25, -0.2) is 0 Å². The highest BCUT2D eigenvalue weighted by Gasteiger charge is 2.31. The lowest BCUT2D eigenvalue weighted by Crippen LogP contribution is -2.21. The molecule has 1 rings (SSSR count). The molecule has 0 heterocycles. The Morgan fingerprint density at radius 1 is 1.81 bits per heavy atom. The van der Waals surface area contributed by atoms with Crippen molar-refractivity contribution < 1.29 is 14.5 Å². The topological polar surface area (TPSA) is 69.4 Å². The van der Waals surface area contributed by atoms with Gasteiger partial charge >= 0.3 is 5.97 Å². The molecule has 0 bridgehead atoms. The lowest BCUT2D eigenvalue weighted by molar-refractivity contribution is -0.420. The van der Waals surface area contributed by atoms with E-state index in [0.29, 0.717) is 17.3 Å². The summed E-state index contributed by atoms with van der Waals surface area (Å²) in [6, 6.07) is 0. The number of alkyl halides is 1. The molecule has 16 heavy (non-hydrogen) atoms. The van der Waals surface area contributed by atoms with Crippen molar-refractivity contribution in [2.45, 2.75) is 6.42 Å². The van der Waals surface area contributed by atoms with Gasteiger partial charge in [-0.1, -0.05) is 27.5 Å². The number of rotatable bonds is 3. The van der Waals surface area contributed by atoms with Crippen molar-refractivity contribution >= 4 is 33.5 Å². The highest BCUT2D eigenvalue weighted by atomic mass is 79.9. The molecule has 5 nitrogen and oxygen atoms in total. The zero-order valence-corrected chi connectivity index (χ0v) is 10.7. The number of hydrogen-bond acceptors (Lipinski definition) is 4. The van der Waals surface area contributed by atoms with Crippen molar-refractivity contribution in [2.75, 3.05) is 12.4 Å². The number of nitrogens with zero attached hydrogens (tertiary/aromatic N) is 1. The van der Waals surface area contributed by atoms with Gasteiger partial charge in [0.2, 0.25) is 0 Å². The molecule has 0 aromatic heterocycles. The summed E-state index contributed by atoms with van der Waals surface area (Å²) in [6.45, 7) is 0. The van der Waals surface area contributed by atoms with E-state index in [-0.39, 0.29) is 10.7 Å². The van der Waals surface area contributed by atoms with Gasteiger partial charge in [0.15, 0.2) is 0 Å². The minimum Gasteiger partial charge on any atom is -0.469 e. The molecule has 0 saturated heterocycles. The third-order valence-electron chi connectivity index (χ3n) is 2.22. The molecule has 0 saturated carbocycles. The summed E-state index contributed by atoms with van der Waals surface area (Å²) in [5, 5.41) is 11.2. The monoisotopic (exact) mass is 309 g/mol. The molecule has 0 fully saturated rings. The molecule has 0 aromatic rings. The van der Waals surface area contributed by atoms with E-state index in [2.05, 4.69) is 20.7 Å². The Hall–Kier alpha value is -0.880. The fourth-order valence-corrected chi connectivity index (χ4v) is 2.36. The van der Waals surface area contributed by atoms with Crippen LogP contribution in [0.15, 0.2) is 22.4 Å². The Morgan fingerprint density at radius 2 is 2.44 bits per heavy atom. The SMILES string of the molecule is COC(=O)C1C=C([N+](=O)[O-])C(Cl)=C(CBr)C1. The van der Waals surface area contributed by atoms with Crippen LogP contribution in [0.4, 0.5) is 0 Å². The predicted molar refractivity (Wildman–Crippen MR) is 61.9 cm³/mol. The van der Waals surface area contributed by atoms with Crippen LogP contribution >= 0.6 is 27.5 Å². The Kier molecular flexibility index (Phi) is 4.49. The maximum Gasteiger partial charge on any atom is 0.313 e. The molecule has 1 aliphatic carbocycles. The normalized spacial score (nSPS) is 20.4. The van der Waals surface area contributed by atoms with Gasteiger partial charge in [-0.05, 0) is 12.0 Å². The number of methoxy groups -OCH3 is 1. The summed E-state index contributed by atoms with van der Waals surface area (Å²) in [7, 11) is 1.25. The second-order valence-corrected chi connectivity index (χ2v) is 4.13. The van der Waals surface area contributed by atoms with Crippen molar-refractivity contribution in [3.63, 3.8) is 0 Å². The van der Waals surface area contributed by atoms with Crippen LogP contribution < -0.4 is 0 Å². The molecule has 7 heteroatoms. The van der Waals surface area contributed by atoms with E-state index in [1.54, 1.807) is 0 Å². The number of halogens is 2. The van der Waals surface area contributed by atoms with Crippen LogP contribution in [0.25, 0.3) is 0 Å². The largest absolute Gasteiger partial charge is 0.469 e. The first-order valence-corrected chi connectivity index (χ1v) is 5.89. The highest BCUT2D eigenvalue weighted by molar-refractivity contribution is 9.09. The van der Waals surface area contributed by atoms with Crippen LogP contribution in [0.3, 0.4) is 0 Å². The van der Waals surface area contributed by atoms with Crippen molar-refractivity contribution in [2.24, 2.45) is 5.92 Å². The van der Waals surface area contributed by atoms with Crippen molar-refractivity contribution in [3.05, 3.63) is 32.5 Å². The predicted octanol–water partition coefficient (Wildman–Crippen LogP) is 2.23. The molecule has 88 valence electrons. The fourth-order valence-electron chi connectivity index (χ4n) is 1.42. The third kappa shape index (κ3) is 2.62. The maximum atomic E-state index is 11.3. The average molecular weight is 311 g/mol. The first-order chi connectivity index (χ1) is 7.51. The molecule has 0 aromatic carbocycles. The van der Waals surface area contributed by atoms with E-state index < -0.39 is 16.8 Å². The van der Waals surface area contributed by atoms with Gasteiger partial charge in [-0.2, -0.15) is 0 Å². The van der Waals surface area contributed by atoms with Gasteiger partial charge in [0.1, 0.15) is 5.03 Å². The van der Waals surface area contributed by atoms with Crippen LogP contribution in [-0.4, -0.2) is 23.3 Å². The van der Waals surface area contributed by atoms with Crippen LogP contribution in [-0.2, 0) is 9.53 Å². The summed E-state index contributed by atoms with van der Waals surface area (Å²) in [6.07, 6.45) is 1.58. The number of carbonyl (C=O) groups excluding carboxylic acids is 1. The molecule has 1 atom stereocenters. The van der Waals surface area contributed by atoms with Crippen LogP contribution in [0.5, 0.6) is 0 Å². The lowest BCUT2D eigenvalue weighted by Gasteiger charge is -2.17. The molecule has 0 aliphatic heterocycles. The van der Waals surface area contributed by atoms with Gasteiger partial charge in [-0.15, -0.1) is 0 Å². The molecule has 1 unspecified atom stereocenters. The average Bonchev–Trinajstić information content (AvgIpc) is 2.27. The molecule has 0 radical (unpaired) electrons. The fraction of sp³-hybridized carbons (Fsp3) is 0.444. The van der Waals surface area contributed by atoms with E-state index in [1.807, 2.05) is 0 Å². The maximum absolute atomic E-state index is 11.3. The minimum atomic E-state index is -0.638. The molecular weight excluding hydrogens is 301 g/mol. The van der Waals surface area contributed by atoms with Crippen LogP contribution in [0.1, 0.15) is 6.42 Å². The Balaban J connectivity index is 3.09. The summed E-state index contributed by atoms with van der Waals surface area (Å²) >= 11 is 9.03. The highest BCUT2D eigenvalue weighted by Crippen LogP contribution is 2.33. The van der Waals surface area contributed by atoms with Crippen molar-refractivity contribution in [1.29, 1.82) is 0 Å². The number of allylic oxidation sites excluding steroid dienone is 2. The molecule has 0 spiro atoms. The van der Waals surface area contributed by atoms with Crippen LogP contribution in [0, 0.1) is 16.0 Å². The van der Waals surface area contributed by atoms with E-state index >= 15 is 0 Å². The Labute approximate surface area is 105 Å². The molecule has 1 aliphatic rings. The first kappa shape index (κ1) is 13.2. The third-order valence-corrected chi connectivity index (χ3v) is 3.36. The number of esters is 1. The van der Waals surface area contributed by atoms with Gasteiger partial charge in [0.05, 0.1) is 18.0 Å². The molecule has 0 N–H and O–H groups in total. The quantitative estimate of drug-likeness (QED) is 0.347. The van der Waals surface area contributed by atoms with Crippen molar-refractivity contribution in [1.82, 2.24) is 0 Å². The van der Waals surface area contributed by atoms with Gasteiger partial charge in [0.25, 0.3) is 5.70 Å². The number of ether oxygens (including phenoxy) is 1. The molecular formula is C9H9BrClNO4. The summed E-state index contributed by atoms with van der Waals surface area (Å²) in [4.78, 5) is 21.5. The van der Waals surface area contributed by atoms with E-state index in [4.69, 9.17) is 11.6 Å². The first-order valence-electron chi connectivity index (χ1n) is 4.39. The zero-order chi connectivity index (χ0) is 12.3. The second-order valence-electron chi connectivity index (χ2n) is 3.19. The number of hydrogen-bond donors (Lipinski definition) is 0. The van der Waals surface area contributed by atoms with Gasteiger partial charge in [-0.3, -0.25) is 14.9 Å². The van der Waals surface area contributed by atoms with Gasteiger partial charge in [0, 0.05) is 11.4 Å². The summed E-state index contributed by atoms with van der Waals surface area (Å²) in [5.74, 6) is -1.14. The Morgan fingerprint density at radius 3 is 2.88 bits per heavy atom. The number of nitro groups is 1. The smallest absolute Gasteiger partial charge is 0.313 e. The zero-order valence-electron chi connectivity index (χ0n) is 8.41. The standard InChI is InChI=1S/C9H9BrClNO4/c1-16-9(13)5-2-6(4-10)8(11)7(3-5)12(14)15/h3,5H,2,4H2,1H3. The lowest BCUT2D eigenvalue weighted by atomic mass is 9.93. The van der Waals surface area contributed by atoms with Gasteiger partial charge < -0.3 is 4.74 Å². The van der Waals surface area contributed by atoms with Crippen LogP contribution in [0.2, 0.25) is 0 Å². The van der Waals surface area contributed by atoms with E-state index in [9.17, 15) is 14.9 Å². The number of carbonyl (C=O) groups is 1. The minimum absolute atomic E-state index is 0.0991. The Bertz CT molecular complexity index is 391. The summed E-state index contributed by atoms with van der Waals surface area (Å²) < 4.78 is 4.56. The second kappa shape index (κ2) is 5.45. The summed E-state index contributed by atoms with van der Waals surface area (Å²) in [5.41, 5.74) is 0.393. The van der Waals surface area contributed by atoms with E-state index in [0.717, 1.165) is 0 Å². The van der Waals surface area contributed by atoms with Crippen molar-refractivity contribution in [3.8, 4) is 0 Å². The molecule has 0 amide bonds.